The van der Waals surface area contributed by atoms with E-state index < -0.39 is 12.4 Å². The fourth-order valence-electron chi connectivity index (χ4n) is 1.01. The summed E-state index contributed by atoms with van der Waals surface area (Å²) >= 11 is 3.75. The van der Waals surface area contributed by atoms with Gasteiger partial charge in [-0.25, -0.2) is 13.8 Å². The Morgan fingerprint density at radius 2 is 2.12 bits per heavy atom. The van der Waals surface area contributed by atoms with Gasteiger partial charge in [0.1, 0.15) is 5.69 Å². The number of methoxy groups -OCH3 is 1. The molecule has 1 rings (SSSR count). The van der Waals surface area contributed by atoms with Crippen molar-refractivity contribution in [2.24, 2.45) is 0 Å². The van der Waals surface area contributed by atoms with Gasteiger partial charge < -0.3 is 4.74 Å². The van der Waals surface area contributed by atoms with Gasteiger partial charge in [-0.1, -0.05) is 0 Å². The molecule has 0 N–H and O–H groups in total. The highest BCUT2D eigenvalue weighted by atomic mass is 127. The zero-order valence-electron chi connectivity index (χ0n) is 8.14. The summed E-state index contributed by atoms with van der Waals surface area (Å²) in [5.74, 6) is -0.494. The van der Waals surface area contributed by atoms with Crippen LogP contribution in [0.4, 0.5) is 8.78 Å². The van der Waals surface area contributed by atoms with Crippen LogP contribution in [0.5, 0.6) is 0 Å². The van der Waals surface area contributed by atoms with Gasteiger partial charge in [-0.15, -0.1) is 0 Å². The number of hydrogen-bond donors (Lipinski definition) is 0. The Morgan fingerprint density at radius 3 is 2.62 bits per heavy atom. The molecule has 1 heterocycles. The maximum atomic E-state index is 12.6. The van der Waals surface area contributed by atoms with Gasteiger partial charge in [0.25, 0.3) is 6.43 Å². The first-order chi connectivity index (χ1) is 7.45. The van der Waals surface area contributed by atoms with Crippen molar-refractivity contribution in [2.45, 2.75) is 12.8 Å². The molecule has 0 saturated heterocycles. The van der Waals surface area contributed by atoms with Crippen molar-refractivity contribution < 1.29 is 18.3 Å². The molecule has 0 spiro atoms. The molecule has 0 aliphatic heterocycles. The molecule has 0 atom stereocenters. The van der Waals surface area contributed by atoms with E-state index in [1.165, 1.54) is 7.11 Å². The summed E-state index contributed by atoms with van der Waals surface area (Å²) in [5.41, 5.74) is 0.0306. The first kappa shape index (κ1) is 14.0. The van der Waals surface area contributed by atoms with Crippen molar-refractivity contribution in [3.05, 3.63) is 24.6 Å². The third-order valence-corrected chi connectivity index (χ3v) is 3.57. The second-order valence-electron chi connectivity index (χ2n) is 2.84. The zero-order chi connectivity index (χ0) is 12.3. The molecule has 16 heavy (non-hydrogen) atoms. The average Bonchev–Trinajstić information content (AvgIpc) is 2.21. The molecule has 0 unspecified atom stereocenters. The van der Waals surface area contributed by atoms with Gasteiger partial charge >= 0.3 is 5.97 Å². The Hall–Kier alpha value is -0.0600. The van der Waals surface area contributed by atoms with Crippen molar-refractivity contribution in [3.63, 3.8) is 0 Å². The molecule has 0 aromatic carbocycles. The van der Waals surface area contributed by atoms with E-state index in [0.717, 1.165) is 0 Å². The molecular formula is C9H7F2I2NO2. The normalized spacial score (nSPS) is 10.6. The summed E-state index contributed by atoms with van der Waals surface area (Å²) in [6.07, 6.45) is -2.73. The molecule has 1 aromatic rings. The number of aromatic nitrogens is 1. The Morgan fingerprint density at radius 1 is 1.50 bits per heavy atom. The maximum absolute atomic E-state index is 12.6. The van der Waals surface area contributed by atoms with Crippen molar-refractivity contribution in [1.29, 1.82) is 0 Å². The van der Waals surface area contributed by atoms with Crippen molar-refractivity contribution in [2.75, 3.05) is 7.11 Å². The van der Waals surface area contributed by atoms with Crippen LogP contribution in [0.15, 0.2) is 6.07 Å². The van der Waals surface area contributed by atoms with E-state index in [1.54, 1.807) is 28.7 Å². The molecule has 0 aliphatic carbocycles. The Labute approximate surface area is 118 Å². The van der Waals surface area contributed by atoms with E-state index >= 15 is 0 Å². The quantitative estimate of drug-likeness (QED) is 0.523. The molecule has 0 saturated carbocycles. The van der Waals surface area contributed by atoms with Crippen LogP contribution in [0.1, 0.15) is 17.8 Å². The molecule has 0 bridgehead atoms. The number of rotatable bonds is 3. The zero-order valence-corrected chi connectivity index (χ0v) is 12.5. The minimum Gasteiger partial charge on any atom is -0.469 e. The van der Waals surface area contributed by atoms with Crippen LogP contribution in [0.2, 0.25) is 0 Å². The smallest absolute Gasteiger partial charge is 0.311 e. The molecule has 0 aliphatic rings. The topological polar surface area (TPSA) is 39.2 Å². The lowest BCUT2D eigenvalue weighted by molar-refractivity contribution is -0.139. The first-order valence-electron chi connectivity index (χ1n) is 4.15. The van der Waals surface area contributed by atoms with E-state index in [1.807, 2.05) is 22.6 Å². The Kier molecular flexibility index (Phi) is 5.28. The lowest BCUT2D eigenvalue weighted by Gasteiger charge is -2.08. The van der Waals surface area contributed by atoms with Crippen LogP contribution in [0.3, 0.4) is 0 Å². The van der Waals surface area contributed by atoms with E-state index in [-0.39, 0.29) is 12.1 Å². The van der Waals surface area contributed by atoms with Crippen LogP contribution in [-0.2, 0) is 16.0 Å². The second-order valence-corrected chi connectivity index (χ2v) is 5.16. The third-order valence-electron chi connectivity index (χ3n) is 1.78. The largest absolute Gasteiger partial charge is 0.469 e. The Bertz CT molecular complexity index is 413. The number of ether oxygens (including phenoxy) is 1. The summed E-state index contributed by atoms with van der Waals surface area (Å²) in [5, 5.41) is 0. The third kappa shape index (κ3) is 3.47. The predicted octanol–water partition coefficient (Wildman–Crippen LogP) is 2.94. The highest BCUT2D eigenvalue weighted by molar-refractivity contribution is 14.1. The number of hydrogen-bond acceptors (Lipinski definition) is 3. The molecular weight excluding hydrogens is 446 g/mol. The van der Waals surface area contributed by atoms with E-state index in [4.69, 9.17) is 0 Å². The van der Waals surface area contributed by atoms with Crippen molar-refractivity contribution >= 4 is 51.2 Å². The molecule has 7 heteroatoms. The number of pyridine rings is 1. The minimum absolute atomic E-state index is 0.0919. The van der Waals surface area contributed by atoms with E-state index in [2.05, 4.69) is 9.72 Å². The molecule has 0 fully saturated rings. The van der Waals surface area contributed by atoms with Gasteiger partial charge in [0.15, 0.2) is 0 Å². The van der Waals surface area contributed by atoms with Gasteiger partial charge in [-0.2, -0.15) is 0 Å². The molecule has 88 valence electrons. The summed E-state index contributed by atoms with van der Waals surface area (Å²) in [6, 6.07) is 1.58. The highest BCUT2D eigenvalue weighted by Gasteiger charge is 2.18. The first-order valence-corrected chi connectivity index (χ1v) is 6.31. The second kappa shape index (κ2) is 6.03. The SMILES string of the molecule is COC(=O)Cc1nc(C(F)F)c(I)cc1I. The van der Waals surface area contributed by atoms with Gasteiger partial charge in [0, 0.05) is 7.14 Å². The average molecular weight is 453 g/mol. The summed E-state index contributed by atoms with van der Waals surface area (Å²) in [7, 11) is 1.25. The molecule has 0 amide bonds. The fourth-order valence-corrected chi connectivity index (χ4v) is 2.89. The standard InChI is InChI=1S/C9H7F2I2NO2/c1-16-7(15)3-6-4(12)2-5(13)8(14-6)9(10)11/h2,9H,3H2,1H3. The van der Waals surface area contributed by atoms with Crippen LogP contribution >= 0.6 is 45.2 Å². The predicted molar refractivity (Wildman–Crippen MR) is 70.3 cm³/mol. The van der Waals surface area contributed by atoms with Gasteiger partial charge in [-0.3, -0.25) is 4.79 Å². The maximum Gasteiger partial charge on any atom is 0.311 e. The molecule has 0 radical (unpaired) electrons. The van der Waals surface area contributed by atoms with E-state index in [9.17, 15) is 13.6 Å². The lowest BCUT2D eigenvalue weighted by Crippen LogP contribution is -2.10. The number of carbonyl (C=O) groups excluding carboxylic acids is 1. The molecule has 3 nitrogen and oxygen atoms in total. The minimum atomic E-state index is -2.64. The highest BCUT2D eigenvalue weighted by Crippen LogP contribution is 2.25. The summed E-state index contributed by atoms with van der Waals surface area (Å²) in [6.45, 7) is 0. The van der Waals surface area contributed by atoms with Crippen LogP contribution in [0.25, 0.3) is 0 Å². The van der Waals surface area contributed by atoms with Crippen molar-refractivity contribution in [3.8, 4) is 0 Å². The number of halogens is 4. The number of carbonyl (C=O) groups is 1. The molecule has 1 aromatic heterocycles. The van der Waals surface area contributed by atoms with Crippen LogP contribution in [0, 0.1) is 7.14 Å². The van der Waals surface area contributed by atoms with E-state index in [0.29, 0.717) is 12.8 Å². The van der Waals surface area contributed by atoms with Gasteiger partial charge in [-0.05, 0) is 51.2 Å². The number of alkyl halides is 2. The summed E-state index contributed by atoms with van der Waals surface area (Å²) < 4.78 is 30.7. The summed E-state index contributed by atoms with van der Waals surface area (Å²) in [4.78, 5) is 14.8. The fraction of sp³-hybridized carbons (Fsp3) is 0.333. The van der Waals surface area contributed by atoms with Gasteiger partial charge in [0.05, 0.1) is 19.2 Å². The van der Waals surface area contributed by atoms with Crippen LogP contribution < -0.4 is 0 Å². The van der Waals surface area contributed by atoms with Crippen molar-refractivity contribution in [1.82, 2.24) is 4.98 Å². The lowest BCUT2D eigenvalue weighted by atomic mass is 10.2. The monoisotopic (exact) mass is 453 g/mol. The number of esters is 1. The van der Waals surface area contributed by atoms with Gasteiger partial charge in [0.2, 0.25) is 0 Å². The van der Waals surface area contributed by atoms with Crippen LogP contribution in [-0.4, -0.2) is 18.1 Å². The number of nitrogens with zero attached hydrogens (tertiary/aromatic N) is 1. The Balaban J connectivity index is 3.09.